The van der Waals surface area contributed by atoms with E-state index < -0.39 is 10.0 Å². The Morgan fingerprint density at radius 2 is 1.96 bits per heavy atom. The predicted octanol–water partition coefficient (Wildman–Crippen LogP) is 1.08. The number of nitrogens with two attached hydrogens (primary N) is 1. The van der Waals surface area contributed by atoms with Gasteiger partial charge < -0.3 is 11.1 Å². The molecule has 1 heterocycles. The summed E-state index contributed by atoms with van der Waals surface area (Å²) in [6, 6.07) is 9.19. The molecule has 2 atom stereocenters. The molecule has 1 aromatic carbocycles. The van der Waals surface area contributed by atoms with Crippen LogP contribution in [0, 0.1) is 11.8 Å². The van der Waals surface area contributed by atoms with Crippen molar-refractivity contribution < 1.29 is 13.2 Å². The first-order valence-electron chi connectivity index (χ1n) is 9.02. The van der Waals surface area contributed by atoms with E-state index in [4.69, 9.17) is 5.73 Å². The molecule has 25 heavy (non-hydrogen) atoms. The smallest absolute Gasteiger partial charge is 0.224 e. The SMILES string of the molecule is NCC(NC(=O)C1CCCN(S(=O)(=O)Cc2ccccc2)C1)C1CC1. The Morgan fingerprint density at radius 1 is 1.24 bits per heavy atom. The second-order valence-corrected chi connectivity index (χ2v) is 9.10. The molecular formula is C18H27N3O3S. The molecule has 138 valence electrons. The Balaban J connectivity index is 1.60. The first kappa shape index (κ1) is 18.4. The van der Waals surface area contributed by atoms with Gasteiger partial charge in [0.1, 0.15) is 0 Å². The van der Waals surface area contributed by atoms with Crippen LogP contribution in [0.1, 0.15) is 31.2 Å². The number of sulfonamides is 1. The Hall–Kier alpha value is -1.44. The Kier molecular flexibility index (Phi) is 5.76. The van der Waals surface area contributed by atoms with Crippen LogP contribution in [0.15, 0.2) is 30.3 Å². The van der Waals surface area contributed by atoms with Crippen molar-refractivity contribution in [2.24, 2.45) is 17.6 Å². The van der Waals surface area contributed by atoms with E-state index in [0.717, 1.165) is 24.8 Å². The van der Waals surface area contributed by atoms with Crippen molar-refractivity contribution in [3.63, 3.8) is 0 Å². The molecule has 1 aromatic rings. The van der Waals surface area contributed by atoms with Gasteiger partial charge in [-0.2, -0.15) is 0 Å². The molecule has 1 aliphatic heterocycles. The van der Waals surface area contributed by atoms with E-state index in [2.05, 4.69) is 5.32 Å². The average molecular weight is 365 g/mol. The zero-order valence-corrected chi connectivity index (χ0v) is 15.2. The molecule has 2 unspecified atom stereocenters. The third-order valence-corrected chi connectivity index (χ3v) is 6.93. The number of hydrogen-bond acceptors (Lipinski definition) is 4. The first-order valence-corrected chi connectivity index (χ1v) is 10.6. The molecule has 2 aliphatic rings. The monoisotopic (exact) mass is 365 g/mol. The van der Waals surface area contributed by atoms with E-state index in [9.17, 15) is 13.2 Å². The van der Waals surface area contributed by atoms with Gasteiger partial charge in [0.05, 0.1) is 11.7 Å². The molecule has 6 nitrogen and oxygen atoms in total. The Labute approximate surface area is 149 Å². The fraction of sp³-hybridized carbons (Fsp3) is 0.611. The van der Waals surface area contributed by atoms with Gasteiger partial charge in [0.25, 0.3) is 0 Å². The van der Waals surface area contributed by atoms with Crippen LogP contribution < -0.4 is 11.1 Å². The summed E-state index contributed by atoms with van der Waals surface area (Å²) >= 11 is 0. The van der Waals surface area contributed by atoms with E-state index in [1.54, 1.807) is 0 Å². The van der Waals surface area contributed by atoms with E-state index in [-0.39, 0.29) is 30.2 Å². The molecule has 2 fully saturated rings. The maximum Gasteiger partial charge on any atom is 0.224 e. The van der Waals surface area contributed by atoms with Gasteiger partial charge in [-0.15, -0.1) is 0 Å². The van der Waals surface area contributed by atoms with Crippen LogP contribution in [0.3, 0.4) is 0 Å². The van der Waals surface area contributed by atoms with Crippen LogP contribution in [0.4, 0.5) is 0 Å². The number of carbonyl (C=O) groups excluding carboxylic acids is 1. The second-order valence-electron chi connectivity index (χ2n) is 7.13. The quantitative estimate of drug-likeness (QED) is 0.756. The van der Waals surface area contributed by atoms with Crippen LogP contribution in [0.2, 0.25) is 0 Å². The van der Waals surface area contributed by atoms with Gasteiger partial charge in [0.2, 0.25) is 15.9 Å². The van der Waals surface area contributed by atoms with Gasteiger partial charge >= 0.3 is 0 Å². The Morgan fingerprint density at radius 3 is 2.60 bits per heavy atom. The van der Waals surface area contributed by atoms with Gasteiger partial charge in [-0.25, -0.2) is 12.7 Å². The van der Waals surface area contributed by atoms with Gasteiger partial charge in [-0.1, -0.05) is 30.3 Å². The maximum atomic E-state index is 12.7. The zero-order chi connectivity index (χ0) is 17.9. The number of carbonyl (C=O) groups is 1. The highest BCUT2D eigenvalue weighted by atomic mass is 32.2. The standard InChI is InChI=1S/C18H27N3O3S/c19-11-17(15-8-9-15)20-18(22)16-7-4-10-21(12-16)25(23,24)13-14-5-2-1-3-6-14/h1-3,5-6,15-17H,4,7-13,19H2,(H,20,22). The summed E-state index contributed by atoms with van der Waals surface area (Å²) in [6.07, 6.45) is 3.67. The minimum Gasteiger partial charge on any atom is -0.352 e. The Bertz CT molecular complexity index is 689. The van der Waals surface area contributed by atoms with Crippen molar-refractivity contribution >= 4 is 15.9 Å². The number of nitrogens with one attached hydrogen (secondary N) is 1. The molecule has 0 aromatic heterocycles. The van der Waals surface area contributed by atoms with Crippen molar-refractivity contribution in [2.75, 3.05) is 19.6 Å². The number of amides is 1. The molecule has 1 aliphatic carbocycles. The van der Waals surface area contributed by atoms with Crippen molar-refractivity contribution in [2.45, 2.75) is 37.5 Å². The summed E-state index contributed by atoms with van der Waals surface area (Å²) in [5, 5.41) is 3.03. The number of hydrogen-bond donors (Lipinski definition) is 2. The largest absolute Gasteiger partial charge is 0.352 e. The minimum absolute atomic E-state index is 0.0182. The van der Waals surface area contributed by atoms with Gasteiger partial charge in [0, 0.05) is 25.7 Å². The van der Waals surface area contributed by atoms with Crippen molar-refractivity contribution in [1.29, 1.82) is 0 Å². The van der Waals surface area contributed by atoms with Gasteiger partial charge in [-0.05, 0) is 37.2 Å². The van der Waals surface area contributed by atoms with Crippen LogP contribution in [0.5, 0.6) is 0 Å². The van der Waals surface area contributed by atoms with E-state index in [1.807, 2.05) is 30.3 Å². The summed E-state index contributed by atoms with van der Waals surface area (Å²) < 4.78 is 26.9. The fourth-order valence-corrected chi connectivity index (χ4v) is 5.06. The lowest BCUT2D eigenvalue weighted by molar-refractivity contribution is -0.126. The molecule has 0 bridgehead atoms. The summed E-state index contributed by atoms with van der Waals surface area (Å²) in [5.41, 5.74) is 6.52. The lowest BCUT2D eigenvalue weighted by atomic mass is 9.98. The van der Waals surface area contributed by atoms with Crippen LogP contribution in [-0.2, 0) is 20.6 Å². The second kappa shape index (κ2) is 7.85. The molecule has 3 N–H and O–H groups in total. The average Bonchev–Trinajstić information content (AvgIpc) is 3.45. The summed E-state index contributed by atoms with van der Waals surface area (Å²) in [6.45, 7) is 1.20. The normalized spacial score (nSPS) is 23.2. The molecule has 0 spiro atoms. The topological polar surface area (TPSA) is 92.5 Å². The zero-order valence-electron chi connectivity index (χ0n) is 14.4. The molecule has 1 saturated heterocycles. The number of nitrogens with zero attached hydrogens (tertiary/aromatic N) is 1. The third kappa shape index (κ3) is 4.80. The highest BCUT2D eigenvalue weighted by Gasteiger charge is 2.36. The lowest BCUT2D eigenvalue weighted by Gasteiger charge is -2.32. The van der Waals surface area contributed by atoms with Gasteiger partial charge in [-0.3, -0.25) is 4.79 Å². The van der Waals surface area contributed by atoms with Crippen molar-refractivity contribution in [1.82, 2.24) is 9.62 Å². The lowest BCUT2D eigenvalue weighted by Crippen LogP contribution is -2.49. The van der Waals surface area contributed by atoms with Crippen LogP contribution >= 0.6 is 0 Å². The predicted molar refractivity (Wildman–Crippen MR) is 97.1 cm³/mol. The highest BCUT2D eigenvalue weighted by Crippen LogP contribution is 2.32. The van der Waals surface area contributed by atoms with E-state index in [1.165, 1.54) is 4.31 Å². The summed E-state index contributed by atoms with van der Waals surface area (Å²) in [4.78, 5) is 12.5. The number of benzene rings is 1. The fourth-order valence-electron chi connectivity index (χ4n) is 3.45. The molecule has 0 radical (unpaired) electrons. The van der Waals surface area contributed by atoms with Gasteiger partial charge in [0.15, 0.2) is 0 Å². The molecule has 7 heteroatoms. The van der Waals surface area contributed by atoms with Crippen molar-refractivity contribution in [3.8, 4) is 0 Å². The third-order valence-electron chi connectivity index (χ3n) is 5.11. The van der Waals surface area contributed by atoms with E-state index in [0.29, 0.717) is 25.4 Å². The van der Waals surface area contributed by atoms with E-state index >= 15 is 0 Å². The molecule has 1 saturated carbocycles. The molecular weight excluding hydrogens is 338 g/mol. The maximum absolute atomic E-state index is 12.7. The number of piperidine rings is 1. The minimum atomic E-state index is -3.41. The first-order chi connectivity index (χ1) is 12.0. The highest BCUT2D eigenvalue weighted by molar-refractivity contribution is 7.88. The van der Waals surface area contributed by atoms with Crippen molar-refractivity contribution in [3.05, 3.63) is 35.9 Å². The summed E-state index contributed by atoms with van der Waals surface area (Å²) in [7, 11) is -3.41. The van der Waals surface area contributed by atoms with Crippen LogP contribution in [0.25, 0.3) is 0 Å². The van der Waals surface area contributed by atoms with Crippen LogP contribution in [-0.4, -0.2) is 44.3 Å². The number of rotatable bonds is 7. The molecule has 3 rings (SSSR count). The molecule has 1 amide bonds. The summed E-state index contributed by atoms with van der Waals surface area (Å²) in [5.74, 6) is 0.139.